The number of hydrogen-bond donors (Lipinski definition) is 2. The van der Waals surface area contributed by atoms with Gasteiger partial charge in [0.25, 0.3) is 0 Å². The molecule has 0 unspecified atom stereocenters. The molecule has 0 fully saturated rings. The van der Waals surface area contributed by atoms with E-state index >= 15 is 0 Å². The van der Waals surface area contributed by atoms with Crippen molar-refractivity contribution in [3.8, 4) is 0 Å². The predicted molar refractivity (Wildman–Crippen MR) is 57.1 cm³/mol. The molecule has 0 aliphatic carbocycles. The predicted octanol–water partition coefficient (Wildman–Crippen LogP) is 0.862. The van der Waals surface area contributed by atoms with E-state index in [0.717, 1.165) is 5.56 Å². The molecule has 0 atom stereocenters. The molecular weight excluding hydrogens is 195 g/mol. The minimum absolute atomic E-state index is 0.0891. The number of hydrogen-bond acceptors (Lipinski definition) is 2. The summed E-state index contributed by atoms with van der Waals surface area (Å²) < 4.78 is 11.7. The van der Waals surface area contributed by atoms with Crippen LogP contribution in [0.2, 0.25) is 0 Å². The van der Waals surface area contributed by atoms with Crippen molar-refractivity contribution in [2.45, 2.75) is 6.54 Å². The number of carbonyl (C=O) groups excluding carboxylic acids is 1. The minimum atomic E-state index is -0.523. The van der Waals surface area contributed by atoms with E-state index in [1.807, 2.05) is 30.3 Å². The Morgan fingerprint density at radius 2 is 2.00 bits per heavy atom. The van der Waals surface area contributed by atoms with E-state index in [0.29, 0.717) is 6.54 Å². The van der Waals surface area contributed by atoms with Crippen molar-refractivity contribution >= 4 is 5.91 Å². The summed E-state index contributed by atoms with van der Waals surface area (Å²) in [7, 11) is 0. The van der Waals surface area contributed by atoms with Crippen LogP contribution in [0.4, 0.5) is 4.39 Å². The van der Waals surface area contributed by atoms with E-state index in [1.165, 1.54) is 0 Å². The highest BCUT2D eigenvalue weighted by atomic mass is 19.1. The maximum absolute atomic E-state index is 11.7. The number of alkyl halides is 1. The third kappa shape index (κ3) is 5.12. The topological polar surface area (TPSA) is 41.1 Å². The summed E-state index contributed by atoms with van der Waals surface area (Å²) in [6.45, 7) is 0.426. The maximum Gasteiger partial charge on any atom is 0.234 e. The lowest BCUT2D eigenvalue weighted by Crippen LogP contribution is -2.34. The van der Waals surface area contributed by atoms with Crippen molar-refractivity contribution in [1.29, 1.82) is 0 Å². The van der Waals surface area contributed by atoms with Gasteiger partial charge in [-0.1, -0.05) is 30.3 Å². The van der Waals surface area contributed by atoms with Gasteiger partial charge in [-0.15, -0.1) is 0 Å². The average Bonchev–Trinajstić information content (AvgIpc) is 2.28. The molecule has 15 heavy (non-hydrogen) atoms. The van der Waals surface area contributed by atoms with Crippen LogP contribution in [-0.2, 0) is 11.3 Å². The smallest absolute Gasteiger partial charge is 0.234 e. The van der Waals surface area contributed by atoms with E-state index < -0.39 is 6.67 Å². The summed E-state index contributed by atoms with van der Waals surface area (Å²) in [5.41, 5.74) is 1.12. The van der Waals surface area contributed by atoms with Crippen LogP contribution < -0.4 is 10.6 Å². The van der Waals surface area contributed by atoms with Crippen LogP contribution in [0, 0.1) is 0 Å². The Balaban J connectivity index is 2.14. The summed E-state index contributed by atoms with van der Waals surface area (Å²) in [6.07, 6.45) is 0. The van der Waals surface area contributed by atoms with Crippen LogP contribution in [0.1, 0.15) is 5.56 Å². The third-order valence-electron chi connectivity index (χ3n) is 1.87. The molecule has 0 aliphatic rings. The van der Waals surface area contributed by atoms with E-state index in [-0.39, 0.29) is 19.0 Å². The van der Waals surface area contributed by atoms with Crippen molar-refractivity contribution in [2.24, 2.45) is 0 Å². The standard InChI is InChI=1S/C11H15FN2O/c12-6-7-14-11(15)9-13-8-10-4-2-1-3-5-10/h1-5,13H,6-9H2,(H,14,15). The van der Waals surface area contributed by atoms with E-state index in [4.69, 9.17) is 0 Å². The first kappa shape index (κ1) is 11.7. The van der Waals surface area contributed by atoms with E-state index in [1.54, 1.807) is 0 Å². The average molecular weight is 210 g/mol. The van der Waals surface area contributed by atoms with E-state index in [9.17, 15) is 9.18 Å². The molecular formula is C11H15FN2O. The van der Waals surface area contributed by atoms with Crippen LogP contribution in [0.25, 0.3) is 0 Å². The molecule has 1 rings (SSSR count). The Bertz CT molecular complexity index is 290. The zero-order chi connectivity index (χ0) is 10.9. The van der Waals surface area contributed by atoms with Crippen LogP contribution in [0.5, 0.6) is 0 Å². The summed E-state index contributed by atoms with van der Waals surface area (Å²) in [5, 5.41) is 5.42. The number of nitrogens with one attached hydrogen (secondary N) is 2. The molecule has 3 nitrogen and oxygen atoms in total. The molecule has 0 bridgehead atoms. The Kier molecular flexibility index (Phi) is 5.40. The second kappa shape index (κ2) is 6.95. The lowest BCUT2D eigenvalue weighted by molar-refractivity contribution is -0.120. The molecule has 0 aliphatic heterocycles. The molecule has 0 aromatic heterocycles. The molecule has 0 spiro atoms. The first-order valence-electron chi connectivity index (χ1n) is 4.90. The number of carbonyl (C=O) groups is 1. The van der Waals surface area contributed by atoms with Gasteiger partial charge in [-0.25, -0.2) is 4.39 Å². The van der Waals surface area contributed by atoms with Gasteiger partial charge in [0.05, 0.1) is 6.54 Å². The van der Waals surface area contributed by atoms with Crippen molar-refractivity contribution in [3.63, 3.8) is 0 Å². The highest BCUT2D eigenvalue weighted by Crippen LogP contribution is 1.96. The zero-order valence-electron chi connectivity index (χ0n) is 8.50. The van der Waals surface area contributed by atoms with Gasteiger partial charge >= 0.3 is 0 Å². The molecule has 82 valence electrons. The molecule has 1 aromatic carbocycles. The lowest BCUT2D eigenvalue weighted by atomic mass is 10.2. The summed E-state index contributed by atoms with van der Waals surface area (Å²) in [6, 6.07) is 9.79. The van der Waals surface area contributed by atoms with Gasteiger partial charge in [-0.05, 0) is 5.56 Å². The number of halogens is 1. The van der Waals surface area contributed by atoms with Crippen LogP contribution in [-0.4, -0.2) is 25.7 Å². The quantitative estimate of drug-likeness (QED) is 0.731. The molecule has 0 saturated heterocycles. The number of rotatable bonds is 6. The zero-order valence-corrected chi connectivity index (χ0v) is 8.50. The van der Waals surface area contributed by atoms with Crippen molar-refractivity contribution < 1.29 is 9.18 Å². The van der Waals surface area contributed by atoms with Crippen LogP contribution in [0.3, 0.4) is 0 Å². The highest BCUT2D eigenvalue weighted by molar-refractivity contribution is 5.77. The third-order valence-corrected chi connectivity index (χ3v) is 1.87. The van der Waals surface area contributed by atoms with Gasteiger partial charge in [0.1, 0.15) is 6.67 Å². The van der Waals surface area contributed by atoms with Gasteiger partial charge < -0.3 is 10.6 Å². The fourth-order valence-electron chi connectivity index (χ4n) is 1.17. The molecule has 1 amide bonds. The SMILES string of the molecule is O=C(CNCc1ccccc1)NCCF. The Morgan fingerprint density at radius 3 is 2.67 bits per heavy atom. The van der Waals surface area contributed by atoms with Crippen molar-refractivity contribution in [1.82, 2.24) is 10.6 Å². The second-order valence-corrected chi connectivity index (χ2v) is 3.13. The van der Waals surface area contributed by atoms with Crippen molar-refractivity contribution in [3.05, 3.63) is 35.9 Å². The fraction of sp³-hybridized carbons (Fsp3) is 0.364. The molecule has 1 aromatic rings. The van der Waals surface area contributed by atoms with Gasteiger partial charge in [0.2, 0.25) is 5.91 Å². The Morgan fingerprint density at radius 1 is 1.27 bits per heavy atom. The normalized spacial score (nSPS) is 9.93. The van der Waals surface area contributed by atoms with Crippen LogP contribution in [0.15, 0.2) is 30.3 Å². The van der Waals surface area contributed by atoms with Gasteiger partial charge in [-0.3, -0.25) is 4.79 Å². The number of amides is 1. The summed E-state index contributed by atoms with van der Waals surface area (Å²) in [5.74, 6) is -0.177. The maximum atomic E-state index is 11.7. The van der Waals surface area contributed by atoms with Gasteiger partial charge in [0, 0.05) is 13.1 Å². The molecule has 4 heteroatoms. The minimum Gasteiger partial charge on any atom is -0.352 e. The van der Waals surface area contributed by atoms with E-state index in [2.05, 4.69) is 10.6 Å². The summed E-state index contributed by atoms with van der Waals surface area (Å²) >= 11 is 0. The largest absolute Gasteiger partial charge is 0.352 e. The fourth-order valence-corrected chi connectivity index (χ4v) is 1.17. The molecule has 2 N–H and O–H groups in total. The number of benzene rings is 1. The Labute approximate surface area is 88.7 Å². The van der Waals surface area contributed by atoms with Gasteiger partial charge in [0.15, 0.2) is 0 Å². The first-order chi connectivity index (χ1) is 7.33. The first-order valence-corrected chi connectivity index (χ1v) is 4.90. The second-order valence-electron chi connectivity index (χ2n) is 3.13. The monoisotopic (exact) mass is 210 g/mol. The highest BCUT2D eigenvalue weighted by Gasteiger charge is 1.98. The Hall–Kier alpha value is -1.42. The summed E-state index contributed by atoms with van der Waals surface area (Å²) in [4.78, 5) is 11.1. The molecule has 0 saturated carbocycles. The van der Waals surface area contributed by atoms with Crippen LogP contribution >= 0.6 is 0 Å². The molecule has 0 heterocycles. The van der Waals surface area contributed by atoms with Gasteiger partial charge in [-0.2, -0.15) is 0 Å². The lowest BCUT2D eigenvalue weighted by Gasteiger charge is -2.04. The van der Waals surface area contributed by atoms with Crippen molar-refractivity contribution in [2.75, 3.05) is 19.8 Å². The molecule has 0 radical (unpaired) electrons.